The van der Waals surface area contributed by atoms with E-state index in [1.165, 1.54) is 12.8 Å². The molecule has 2 aromatic rings. The van der Waals surface area contributed by atoms with E-state index < -0.39 is 0 Å². The molecule has 112 valence electrons. The Morgan fingerprint density at radius 1 is 1.10 bits per heavy atom. The maximum absolute atomic E-state index is 12.6. The normalized spacial score (nSPS) is 15.8. The van der Waals surface area contributed by atoms with Crippen LogP contribution < -0.4 is 11.3 Å². The number of benzene rings is 1. The van der Waals surface area contributed by atoms with Crippen LogP contribution >= 0.6 is 0 Å². The molecule has 0 spiro atoms. The summed E-state index contributed by atoms with van der Waals surface area (Å²) in [6.45, 7) is 4.09. The van der Waals surface area contributed by atoms with Gasteiger partial charge in [0.05, 0.1) is 11.4 Å². The zero-order valence-electron chi connectivity index (χ0n) is 13.0. The smallest absolute Gasteiger partial charge is 0.294 e. The SMILES string of the molecule is Cc1cc(C)cc(-n2c(=O)c(N)c(C3CCCC3)n2C)c1. The number of nitrogens with two attached hydrogens (primary N) is 1. The zero-order valence-corrected chi connectivity index (χ0v) is 13.0. The molecule has 4 nitrogen and oxygen atoms in total. The maximum Gasteiger partial charge on any atom is 0.294 e. The quantitative estimate of drug-likeness (QED) is 0.922. The summed E-state index contributed by atoms with van der Waals surface area (Å²) in [5, 5.41) is 0. The van der Waals surface area contributed by atoms with Crippen molar-refractivity contribution in [1.82, 2.24) is 9.36 Å². The second-order valence-corrected chi connectivity index (χ2v) is 6.27. The van der Waals surface area contributed by atoms with Crippen molar-refractivity contribution in [1.29, 1.82) is 0 Å². The average Bonchev–Trinajstić information content (AvgIpc) is 2.97. The number of aryl methyl sites for hydroxylation is 2. The van der Waals surface area contributed by atoms with Crippen molar-refractivity contribution in [3.05, 3.63) is 45.4 Å². The van der Waals surface area contributed by atoms with E-state index in [4.69, 9.17) is 5.73 Å². The van der Waals surface area contributed by atoms with E-state index in [2.05, 4.69) is 6.07 Å². The van der Waals surface area contributed by atoms with Crippen LogP contribution in [0.2, 0.25) is 0 Å². The van der Waals surface area contributed by atoms with Gasteiger partial charge in [0.2, 0.25) is 0 Å². The van der Waals surface area contributed by atoms with Gasteiger partial charge in [0, 0.05) is 13.0 Å². The summed E-state index contributed by atoms with van der Waals surface area (Å²) >= 11 is 0. The van der Waals surface area contributed by atoms with Gasteiger partial charge in [-0.1, -0.05) is 18.9 Å². The van der Waals surface area contributed by atoms with Gasteiger partial charge >= 0.3 is 0 Å². The van der Waals surface area contributed by atoms with E-state index >= 15 is 0 Å². The fourth-order valence-corrected chi connectivity index (χ4v) is 3.69. The molecule has 1 aromatic heterocycles. The van der Waals surface area contributed by atoms with Gasteiger partial charge in [-0.05, 0) is 49.9 Å². The van der Waals surface area contributed by atoms with Crippen LogP contribution in [0.5, 0.6) is 0 Å². The van der Waals surface area contributed by atoms with Crippen molar-refractivity contribution in [2.45, 2.75) is 45.4 Å². The van der Waals surface area contributed by atoms with Gasteiger partial charge in [-0.2, -0.15) is 0 Å². The molecule has 1 heterocycles. The standard InChI is InChI=1S/C17H23N3O/c1-11-8-12(2)10-14(9-11)20-17(21)15(18)16(19(20)3)13-6-4-5-7-13/h8-10,13H,4-7,18H2,1-3H3. The van der Waals surface area contributed by atoms with E-state index in [-0.39, 0.29) is 5.56 Å². The molecular weight excluding hydrogens is 262 g/mol. The van der Waals surface area contributed by atoms with Crippen LogP contribution in [0.1, 0.15) is 48.4 Å². The zero-order chi connectivity index (χ0) is 15.1. The fourth-order valence-electron chi connectivity index (χ4n) is 3.69. The lowest BCUT2D eigenvalue weighted by atomic mass is 10.0. The Labute approximate surface area is 125 Å². The highest BCUT2D eigenvalue weighted by Crippen LogP contribution is 2.36. The van der Waals surface area contributed by atoms with E-state index in [1.54, 1.807) is 4.68 Å². The topological polar surface area (TPSA) is 52.9 Å². The van der Waals surface area contributed by atoms with Gasteiger partial charge in [-0.3, -0.25) is 9.48 Å². The molecular formula is C17H23N3O. The highest BCUT2D eigenvalue weighted by Gasteiger charge is 2.26. The molecule has 0 unspecified atom stereocenters. The van der Waals surface area contributed by atoms with Crippen LogP contribution in [-0.2, 0) is 7.05 Å². The highest BCUT2D eigenvalue weighted by atomic mass is 16.1. The van der Waals surface area contributed by atoms with Crippen molar-refractivity contribution in [3.63, 3.8) is 0 Å². The van der Waals surface area contributed by atoms with Crippen LogP contribution in [0.25, 0.3) is 5.69 Å². The molecule has 0 radical (unpaired) electrons. The first-order chi connectivity index (χ1) is 9.99. The van der Waals surface area contributed by atoms with Crippen LogP contribution in [0.3, 0.4) is 0 Å². The number of nitrogen functional groups attached to an aromatic ring is 1. The summed E-state index contributed by atoms with van der Waals surface area (Å²) in [5.41, 5.74) is 10.7. The molecule has 21 heavy (non-hydrogen) atoms. The highest BCUT2D eigenvalue weighted by molar-refractivity contribution is 5.48. The predicted molar refractivity (Wildman–Crippen MR) is 86.1 cm³/mol. The average molecular weight is 285 g/mol. The molecule has 0 aliphatic heterocycles. The summed E-state index contributed by atoms with van der Waals surface area (Å²) < 4.78 is 3.67. The first kappa shape index (κ1) is 14.0. The number of hydrogen-bond acceptors (Lipinski definition) is 2. The minimum Gasteiger partial charge on any atom is -0.393 e. The maximum atomic E-state index is 12.6. The van der Waals surface area contributed by atoms with Crippen LogP contribution in [0.15, 0.2) is 23.0 Å². The number of hydrogen-bond donors (Lipinski definition) is 1. The van der Waals surface area contributed by atoms with Crippen LogP contribution in [0.4, 0.5) is 5.69 Å². The monoisotopic (exact) mass is 285 g/mol. The molecule has 1 aromatic carbocycles. The molecule has 1 fully saturated rings. The van der Waals surface area contributed by atoms with E-state index in [0.29, 0.717) is 11.6 Å². The second kappa shape index (κ2) is 5.10. The van der Waals surface area contributed by atoms with Crippen LogP contribution in [-0.4, -0.2) is 9.36 Å². The second-order valence-electron chi connectivity index (χ2n) is 6.27. The Hall–Kier alpha value is -1.97. The van der Waals surface area contributed by atoms with Gasteiger partial charge < -0.3 is 5.73 Å². The minimum absolute atomic E-state index is 0.0931. The number of rotatable bonds is 2. The van der Waals surface area contributed by atoms with Crippen molar-refractivity contribution in [2.24, 2.45) is 7.05 Å². The van der Waals surface area contributed by atoms with E-state index in [0.717, 1.165) is 35.3 Å². The molecule has 0 saturated heterocycles. The molecule has 0 atom stereocenters. The molecule has 4 heteroatoms. The number of aromatic nitrogens is 2. The Kier molecular flexibility index (Phi) is 3.40. The van der Waals surface area contributed by atoms with Gasteiger partial charge in [-0.15, -0.1) is 0 Å². The summed E-state index contributed by atoms with van der Waals surface area (Å²) in [7, 11) is 1.95. The lowest BCUT2D eigenvalue weighted by Crippen LogP contribution is -2.21. The van der Waals surface area contributed by atoms with Gasteiger partial charge in [0.25, 0.3) is 5.56 Å². The van der Waals surface area contributed by atoms with Crippen molar-refractivity contribution >= 4 is 5.69 Å². The first-order valence-electron chi connectivity index (χ1n) is 7.65. The van der Waals surface area contributed by atoms with Crippen molar-refractivity contribution in [2.75, 3.05) is 5.73 Å². The molecule has 2 N–H and O–H groups in total. The third-order valence-electron chi connectivity index (χ3n) is 4.54. The minimum atomic E-state index is -0.0931. The molecule has 0 amide bonds. The Balaban J connectivity index is 2.19. The summed E-state index contributed by atoms with van der Waals surface area (Å²) in [4.78, 5) is 12.6. The third-order valence-corrected chi connectivity index (χ3v) is 4.54. The lowest BCUT2D eigenvalue weighted by molar-refractivity contribution is 0.568. The Morgan fingerprint density at radius 3 is 2.24 bits per heavy atom. The summed E-state index contributed by atoms with van der Waals surface area (Å²) in [6.07, 6.45) is 4.72. The predicted octanol–water partition coefficient (Wildman–Crippen LogP) is 3.03. The van der Waals surface area contributed by atoms with Crippen molar-refractivity contribution < 1.29 is 0 Å². The molecule has 1 aliphatic carbocycles. The fraction of sp³-hybridized carbons (Fsp3) is 0.471. The van der Waals surface area contributed by atoms with E-state index in [1.807, 2.05) is 37.7 Å². The van der Waals surface area contributed by atoms with Gasteiger partial charge in [0.15, 0.2) is 0 Å². The Bertz CT molecular complexity index is 713. The molecule has 0 bridgehead atoms. The van der Waals surface area contributed by atoms with Crippen LogP contribution in [0, 0.1) is 13.8 Å². The number of anilines is 1. The number of nitrogens with zero attached hydrogens (tertiary/aromatic N) is 2. The summed E-state index contributed by atoms with van der Waals surface area (Å²) in [5.74, 6) is 0.426. The summed E-state index contributed by atoms with van der Waals surface area (Å²) in [6, 6.07) is 6.18. The largest absolute Gasteiger partial charge is 0.393 e. The lowest BCUT2D eigenvalue weighted by Gasteiger charge is -2.15. The van der Waals surface area contributed by atoms with Gasteiger partial charge in [-0.25, -0.2) is 4.68 Å². The van der Waals surface area contributed by atoms with Crippen molar-refractivity contribution in [3.8, 4) is 5.69 Å². The molecule has 1 aliphatic rings. The molecule has 3 rings (SSSR count). The van der Waals surface area contributed by atoms with Gasteiger partial charge in [0.1, 0.15) is 5.69 Å². The molecule has 1 saturated carbocycles. The Morgan fingerprint density at radius 2 is 1.67 bits per heavy atom. The third kappa shape index (κ3) is 2.28. The van der Waals surface area contributed by atoms with E-state index in [9.17, 15) is 4.79 Å². The first-order valence-corrected chi connectivity index (χ1v) is 7.65.